The molecule has 3 aliphatic rings. The van der Waals surface area contributed by atoms with Crippen LogP contribution in [-0.4, -0.2) is 18.7 Å². The van der Waals surface area contributed by atoms with Crippen LogP contribution in [-0.2, 0) is 30.3 Å². The second-order valence-corrected chi connectivity index (χ2v) is 24.2. The summed E-state index contributed by atoms with van der Waals surface area (Å²) in [6.07, 6.45) is 14.3. The van der Waals surface area contributed by atoms with Gasteiger partial charge in [-0.3, -0.25) is 0 Å². The third-order valence-electron chi connectivity index (χ3n) is 19.1. The molecule has 2 aliphatic carbocycles. The number of aromatic nitrogens is 4. The minimum atomic E-state index is -0.522. The summed E-state index contributed by atoms with van der Waals surface area (Å²) in [6.45, 7) is 7.28. The molecule has 0 radical (unpaired) electrons. The predicted octanol–water partition coefficient (Wildman–Crippen LogP) is 19.9. The highest BCUT2D eigenvalue weighted by molar-refractivity contribution is 6.12. The lowest BCUT2D eigenvalue weighted by Crippen LogP contribution is -2.39. The maximum Gasteiger partial charge on any atom is 0.0715 e. The first-order valence-corrected chi connectivity index (χ1v) is 29.9. The number of allylic oxidation sites excluding steroid dienone is 2. The number of nitrogens with zero attached hydrogens (tertiary/aromatic N) is 5. The van der Waals surface area contributed by atoms with Gasteiger partial charge in [-0.15, -0.1) is 0 Å². The third-order valence-corrected chi connectivity index (χ3v) is 19.1. The molecule has 4 aromatic heterocycles. The van der Waals surface area contributed by atoms with E-state index in [1.807, 2.05) is 0 Å². The standard InChI is InChI=1S/C78H62N6/c1-77(2,83(58-40-42-69-64(47-58)60-27-13-17-31-68(60)79-69)59-41-44-74-66(48-59)62-29-15-19-33-71(62)81(74)55-23-9-5-10-24-55)52-35-38-57(39-36-52)84-75-49-67-63-30-16-20-34-72(63)82(56-25-11-6-12-26-56)76(67)45-51(75)50-78(84,3)53-37-43-73-65(46-53)61-28-14-18-32-70(61)80(73)54-21-7-4-8-22-54/h4-13,15-16,18-27,29-30,32-49,79H,14,17,28,31,50H2,1-3H3. The largest absolute Gasteiger partial charge is 0.358 e. The van der Waals surface area contributed by atoms with Gasteiger partial charge in [0.15, 0.2) is 0 Å². The van der Waals surface area contributed by atoms with Crippen LogP contribution in [0.25, 0.3) is 94.6 Å². The summed E-state index contributed by atoms with van der Waals surface area (Å²) in [7, 11) is 0. The number of aryl methyl sites for hydroxylation is 2. The van der Waals surface area contributed by atoms with Crippen LogP contribution in [0.1, 0.15) is 72.8 Å². The van der Waals surface area contributed by atoms with Gasteiger partial charge < -0.3 is 28.5 Å². The number of anilines is 4. The van der Waals surface area contributed by atoms with E-state index in [2.05, 4.69) is 304 Å². The van der Waals surface area contributed by atoms with Crippen LogP contribution >= 0.6 is 0 Å². The molecule has 1 atom stereocenters. The van der Waals surface area contributed by atoms with Crippen molar-refractivity contribution < 1.29 is 0 Å². The molecule has 10 aromatic carbocycles. The molecule has 0 bridgehead atoms. The molecule has 404 valence electrons. The van der Waals surface area contributed by atoms with Gasteiger partial charge in [0.2, 0.25) is 0 Å². The first-order valence-electron chi connectivity index (χ1n) is 29.9. The van der Waals surface area contributed by atoms with Gasteiger partial charge in [-0.05, 0) is 196 Å². The van der Waals surface area contributed by atoms with Gasteiger partial charge in [-0.1, -0.05) is 127 Å². The molecule has 0 saturated carbocycles. The van der Waals surface area contributed by atoms with Crippen LogP contribution in [0.3, 0.4) is 0 Å². The van der Waals surface area contributed by atoms with E-state index in [4.69, 9.17) is 0 Å². The minimum Gasteiger partial charge on any atom is -0.358 e. The van der Waals surface area contributed by atoms with Crippen molar-refractivity contribution in [3.8, 4) is 17.1 Å². The molecule has 14 aromatic rings. The van der Waals surface area contributed by atoms with Gasteiger partial charge in [0, 0.05) is 101 Å². The van der Waals surface area contributed by atoms with Crippen molar-refractivity contribution in [3.05, 3.63) is 282 Å². The number of hydrogen-bond donors (Lipinski definition) is 1. The van der Waals surface area contributed by atoms with Crippen molar-refractivity contribution in [3.63, 3.8) is 0 Å². The zero-order valence-corrected chi connectivity index (χ0v) is 47.5. The quantitative estimate of drug-likeness (QED) is 0.156. The topological polar surface area (TPSA) is 37.1 Å². The Kier molecular flexibility index (Phi) is 10.7. The van der Waals surface area contributed by atoms with Crippen LogP contribution < -0.4 is 9.80 Å². The second-order valence-electron chi connectivity index (χ2n) is 24.2. The number of H-pyrrole nitrogens is 1. The lowest BCUT2D eigenvalue weighted by atomic mass is 9.85. The molecule has 1 unspecified atom stereocenters. The summed E-state index contributed by atoms with van der Waals surface area (Å²) >= 11 is 0. The zero-order chi connectivity index (χ0) is 55.8. The lowest BCUT2D eigenvalue weighted by molar-refractivity contribution is 0.509. The van der Waals surface area contributed by atoms with E-state index in [9.17, 15) is 0 Å². The highest BCUT2D eigenvalue weighted by Crippen LogP contribution is 2.53. The van der Waals surface area contributed by atoms with E-state index in [-0.39, 0.29) is 0 Å². The molecular weight excluding hydrogens is 1020 g/mol. The van der Waals surface area contributed by atoms with Gasteiger partial charge in [0.25, 0.3) is 0 Å². The molecule has 0 fully saturated rings. The highest BCUT2D eigenvalue weighted by atomic mass is 15.2. The molecule has 84 heavy (non-hydrogen) atoms. The number of para-hydroxylation sites is 5. The molecule has 1 aliphatic heterocycles. The van der Waals surface area contributed by atoms with E-state index in [0.717, 1.165) is 49.2 Å². The maximum atomic E-state index is 3.79. The Morgan fingerprint density at radius 1 is 0.452 bits per heavy atom. The Hall–Kier alpha value is -10.0. The van der Waals surface area contributed by atoms with E-state index in [1.165, 1.54) is 127 Å². The monoisotopic (exact) mass is 1080 g/mol. The van der Waals surface area contributed by atoms with Gasteiger partial charge in [0.05, 0.1) is 38.7 Å². The maximum absolute atomic E-state index is 3.79. The van der Waals surface area contributed by atoms with Gasteiger partial charge in [-0.25, -0.2) is 0 Å². The summed E-state index contributed by atoms with van der Waals surface area (Å²) in [5, 5.41) is 7.58. The second kappa shape index (κ2) is 18.5. The summed E-state index contributed by atoms with van der Waals surface area (Å²) < 4.78 is 7.34. The van der Waals surface area contributed by atoms with Gasteiger partial charge >= 0.3 is 0 Å². The zero-order valence-electron chi connectivity index (χ0n) is 47.5. The number of nitrogens with one attached hydrogen (secondary N) is 1. The number of rotatable bonds is 9. The number of aromatic amines is 1. The van der Waals surface area contributed by atoms with E-state index >= 15 is 0 Å². The van der Waals surface area contributed by atoms with Crippen molar-refractivity contribution >= 4 is 100 Å². The van der Waals surface area contributed by atoms with Crippen LogP contribution in [0.4, 0.5) is 22.7 Å². The Morgan fingerprint density at radius 2 is 1.01 bits per heavy atom. The third kappa shape index (κ3) is 7.22. The lowest BCUT2D eigenvalue weighted by Gasteiger charge is -2.42. The summed E-state index contributed by atoms with van der Waals surface area (Å²) in [5.74, 6) is 0. The SMILES string of the molecule is CC(C)(c1ccc(N2c3cc4c5ccccc5n(-c5ccccc5)c4cc3CC2(C)c2ccc3c(c2)c2c(n3-c3ccccc3)C=CCC2)cc1)N(c1ccc2[nH]c3c(c2c1)C=CCC3)c1ccc2c(c1)c1ccccc1n2-c1ccccc1. The number of fused-ring (bicyclic) bond motifs is 13. The molecule has 6 nitrogen and oxygen atoms in total. The van der Waals surface area contributed by atoms with Crippen LogP contribution in [0.2, 0.25) is 0 Å². The van der Waals surface area contributed by atoms with Crippen molar-refractivity contribution in [2.45, 2.75) is 64.0 Å². The Bertz CT molecular complexity index is 5030. The van der Waals surface area contributed by atoms with Gasteiger partial charge in [-0.2, -0.15) is 0 Å². The average molecular weight is 1080 g/mol. The predicted molar refractivity (Wildman–Crippen MR) is 353 cm³/mol. The van der Waals surface area contributed by atoms with E-state index in [0.29, 0.717) is 0 Å². The average Bonchev–Trinajstić information content (AvgIpc) is 1.71. The first kappa shape index (κ1) is 48.6. The molecule has 0 spiro atoms. The molecule has 1 N–H and O–H groups in total. The fraction of sp³-hybridized carbons (Fsp3) is 0.128. The molecule has 5 heterocycles. The van der Waals surface area contributed by atoms with Crippen LogP contribution in [0.15, 0.2) is 243 Å². The van der Waals surface area contributed by atoms with Gasteiger partial charge in [0.1, 0.15) is 0 Å². The molecule has 0 amide bonds. The fourth-order valence-electron chi connectivity index (χ4n) is 15.2. The molecule has 6 heteroatoms. The van der Waals surface area contributed by atoms with Crippen molar-refractivity contribution in [1.29, 1.82) is 0 Å². The Labute approximate surface area is 489 Å². The fourth-order valence-corrected chi connectivity index (χ4v) is 15.2. The van der Waals surface area contributed by atoms with Crippen molar-refractivity contribution in [1.82, 2.24) is 18.7 Å². The summed E-state index contributed by atoms with van der Waals surface area (Å²) in [5.41, 5.74) is 23.8. The number of benzene rings is 10. The van der Waals surface area contributed by atoms with Crippen molar-refractivity contribution in [2.24, 2.45) is 0 Å². The Balaban J connectivity index is 0.842. The molecule has 0 saturated heterocycles. The Morgan fingerprint density at radius 3 is 1.71 bits per heavy atom. The highest BCUT2D eigenvalue weighted by Gasteiger charge is 2.44. The van der Waals surface area contributed by atoms with E-state index in [1.54, 1.807) is 0 Å². The van der Waals surface area contributed by atoms with Crippen LogP contribution in [0, 0.1) is 0 Å². The molecule has 17 rings (SSSR count). The number of hydrogen-bond acceptors (Lipinski definition) is 2. The summed E-state index contributed by atoms with van der Waals surface area (Å²) in [6, 6.07) is 86.5. The summed E-state index contributed by atoms with van der Waals surface area (Å²) in [4.78, 5) is 9.05. The molecular formula is C78H62N6. The van der Waals surface area contributed by atoms with Crippen molar-refractivity contribution in [2.75, 3.05) is 9.80 Å². The normalized spacial score (nSPS) is 15.7. The van der Waals surface area contributed by atoms with E-state index < -0.39 is 11.1 Å². The minimum absolute atomic E-state index is 0.439. The first-order chi connectivity index (χ1) is 41.3. The smallest absolute Gasteiger partial charge is 0.0715 e. The van der Waals surface area contributed by atoms with Crippen LogP contribution in [0.5, 0.6) is 0 Å².